The van der Waals surface area contributed by atoms with E-state index in [0.717, 1.165) is 17.6 Å². The lowest BCUT2D eigenvalue weighted by molar-refractivity contribution is -0.172. The van der Waals surface area contributed by atoms with E-state index in [4.69, 9.17) is 14.2 Å². The maximum absolute atomic E-state index is 14.3. The first-order valence-corrected chi connectivity index (χ1v) is 14.7. The molecule has 2 aliphatic heterocycles. The molecule has 1 saturated carbocycles. The Labute approximate surface area is 246 Å². The average molecular weight is 571 g/mol. The lowest BCUT2D eigenvalue weighted by Gasteiger charge is -2.58. The Morgan fingerprint density at radius 2 is 1.81 bits per heavy atom. The molecule has 2 heterocycles. The van der Waals surface area contributed by atoms with E-state index < -0.39 is 17.1 Å². The summed E-state index contributed by atoms with van der Waals surface area (Å²) in [5, 5.41) is 22.2. The highest BCUT2D eigenvalue weighted by molar-refractivity contribution is 6.18. The molecule has 1 unspecified atom stereocenters. The van der Waals surface area contributed by atoms with Crippen LogP contribution in [0.3, 0.4) is 0 Å². The zero-order chi connectivity index (χ0) is 29.8. The van der Waals surface area contributed by atoms with Gasteiger partial charge in [0.05, 0.1) is 19.8 Å². The molecule has 2 N–H and O–H groups in total. The van der Waals surface area contributed by atoms with E-state index in [9.17, 15) is 19.8 Å². The summed E-state index contributed by atoms with van der Waals surface area (Å²) in [6.07, 6.45) is 6.86. The molecule has 0 radical (unpaired) electrons. The van der Waals surface area contributed by atoms with Gasteiger partial charge in [-0.05, 0) is 46.1 Å². The third-order valence-electron chi connectivity index (χ3n) is 9.35. The summed E-state index contributed by atoms with van der Waals surface area (Å²) < 4.78 is 19.4. The smallest absolute Gasteiger partial charge is 0.200 e. The van der Waals surface area contributed by atoms with E-state index >= 15 is 0 Å². The molecule has 42 heavy (non-hydrogen) atoms. The molecule has 2 aromatic carbocycles. The fourth-order valence-electron chi connectivity index (χ4n) is 7.25. The molecule has 5 atom stereocenters. The Morgan fingerprint density at radius 3 is 2.52 bits per heavy atom. The van der Waals surface area contributed by atoms with Crippen LogP contribution >= 0.6 is 0 Å². The monoisotopic (exact) mass is 570 g/mol. The maximum Gasteiger partial charge on any atom is 0.200 e. The molecule has 3 aliphatic carbocycles. The molecule has 7 rings (SSSR count). The predicted octanol–water partition coefficient (Wildman–Crippen LogP) is 5.68. The number of hydrogen-bond acceptors (Lipinski definition) is 7. The molecule has 1 saturated heterocycles. The lowest BCUT2D eigenvalue weighted by atomic mass is 9.49. The van der Waals surface area contributed by atoms with Gasteiger partial charge in [0.15, 0.2) is 22.8 Å². The number of fused-ring (bicyclic) bond motifs is 1. The summed E-state index contributed by atoms with van der Waals surface area (Å²) in [5.41, 5.74) is 1.09. The summed E-state index contributed by atoms with van der Waals surface area (Å²) in [7, 11) is 0. The van der Waals surface area contributed by atoms with Gasteiger partial charge >= 0.3 is 0 Å². The van der Waals surface area contributed by atoms with Crippen LogP contribution in [0.25, 0.3) is 0 Å². The second-order valence-electron chi connectivity index (χ2n) is 12.4. The topological polar surface area (TPSA) is 102 Å². The number of aromatic hydroxyl groups is 2. The molecule has 0 amide bonds. The van der Waals surface area contributed by atoms with Crippen LogP contribution in [0.2, 0.25) is 0 Å². The number of allylic oxidation sites excluding steroid dienone is 4. The fraction of sp³-hybridized carbons (Fsp3) is 0.429. The Hall–Kier alpha value is -3.68. The fourth-order valence-corrected chi connectivity index (χ4v) is 7.25. The maximum atomic E-state index is 14.3. The first-order valence-electron chi connectivity index (χ1n) is 14.7. The van der Waals surface area contributed by atoms with Crippen molar-refractivity contribution in [3.05, 3.63) is 88.0 Å². The van der Waals surface area contributed by atoms with Gasteiger partial charge in [0.2, 0.25) is 0 Å². The number of ether oxygens (including phenoxy) is 3. The molecular weight excluding hydrogens is 532 g/mol. The molecule has 5 aliphatic rings. The van der Waals surface area contributed by atoms with Crippen LogP contribution in [-0.4, -0.2) is 52.8 Å². The number of rotatable bonds is 9. The molecular formula is C35H38O7. The van der Waals surface area contributed by atoms with E-state index in [-0.39, 0.29) is 71.2 Å². The van der Waals surface area contributed by atoms with E-state index in [1.807, 2.05) is 58.0 Å². The van der Waals surface area contributed by atoms with Crippen LogP contribution in [0.15, 0.2) is 71.3 Å². The number of benzene rings is 2. The van der Waals surface area contributed by atoms with Crippen molar-refractivity contribution >= 4 is 11.6 Å². The highest BCUT2D eigenvalue weighted by Crippen LogP contribution is 2.65. The van der Waals surface area contributed by atoms with Crippen molar-refractivity contribution in [3.8, 4) is 17.2 Å². The molecule has 4 bridgehead atoms. The van der Waals surface area contributed by atoms with Gasteiger partial charge in [-0.2, -0.15) is 0 Å². The van der Waals surface area contributed by atoms with Crippen molar-refractivity contribution in [1.29, 1.82) is 0 Å². The molecule has 2 fully saturated rings. The van der Waals surface area contributed by atoms with Crippen LogP contribution in [0.1, 0.15) is 55.6 Å². The molecule has 2 aromatic rings. The minimum Gasteiger partial charge on any atom is -0.507 e. The molecule has 220 valence electrons. The molecule has 1 spiro atoms. The highest BCUT2D eigenvalue weighted by atomic mass is 16.6. The van der Waals surface area contributed by atoms with E-state index in [1.165, 1.54) is 11.6 Å². The van der Waals surface area contributed by atoms with Crippen molar-refractivity contribution < 1.29 is 34.0 Å². The third kappa shape index (κ3) is 4.16. The quantitative estimate of drug-likeness (QED) is 0.296. The van der Waals surface area contributed by atoms with Gasteiger partial charge in [-0.25, -0.2) is 0 Å². The van der Waals surface area contributed by atoms with Crippen LogP contribution < -0.4 is 4.74 Å². The molecule has 7 heteroatoms. The number of ketones is 2. The number of hydrogen-bond donors (Lipinski definition) is 2. The summed E-state index contributed by atoms with van der Waals surface area (Å²) in [6.45, 7) is 8.83. The highest BCUT2D eigenvalue weighted by Gasteiger charge is 2.79. The second kappa shape index (κ2) is 10.5. The van der Waals surface area contributed by atoms with Gasteiger partial charge in [-0.3, -0.25) is 9.59 Å². The average Bonchev–Trinajstić information content (AvgIpc) is 3.23. The van der Waals surface area contributed by atoms with Crippen LogP contribution in [0.5, 0.6) is 17.2 Å². The number of carbonyl (C=O) groups excluding carboxylic acids is 2. The van der Waals surface area contributed by atoms with Crippen molar-refractivity contribution in [1.82, 2.24) is 0 Å². The van der Waals surface area contributed by atoms with Gasteiger partial charge in [0.25, 0.3) is 0 Å². The van der Waals surface area contributed by atoms with Gasteiger partial charge in [0, 0.05) is 41.4 Å². The Kier molecular flexibility index (Phi) is 7.14. The Morgan fingerprint density at radius 1 is 1.07 bits per heavy atom. The summed E-state index contributed by atoms with van der Waals surface area (Å²) in [5.74, 6) is -2.02. The van der Waals surface area contributed by atoms with Crippen molar-refractivity contribution in [2.45, 2.75) is 58.2 Å². The number of Topliss-reactive ketones (excluding diaryl/α,β-unsaturated/α-hetero) is 2. The van der Waals surface area contributed by atoms with Crippen molar-refractivity contribution in [2.75, 3.05) is 19.8 Å². The third-order valence-corrected chi connectivity index (χ3v) is 9.35. The SMILES string of the molecule is CC(C)=CCc1c(O)cc2c(c1O)C(=O)C1=C[C@H]3C(=O)C4(CC=C(C)C)OC[C@H]([C@H]3COCCc3ccccc3)[C@]14O2. The van der Waals surface area contributed by atoms with Crippen LogP contribution in [0, 0.1) is 17.8 Å². The summed E-state index contributed by atoms with van der Waals surface area (Å²) >= 11 is 0. The van der Waals surface area contributed by atoms with E-state index in [1.54, 1.807) is 6.08 Å². The summed E-state index contributed by atoms with van der Waals surface area (Å²) in [6, 6.07) is 11.5. The second-order valence-corrected chi connectivity index (χ2v) is 12.4. The first kappa shape index (κ1) is 28.4. The summed E-state index contributed by atoms with van der Waals surface area (Å²) in [4.78, 5) is 28.6. The van der Waals surface area contributed by atoms with Crippen molar-refractivity contribution in [3.63, 3.8) is 0 Å². The Balaban J connectivity index is 1.40. The van der Waals surface area contributed by atoms with Gasteiger partial charge in [-0.15, -0.1) is 0 Å². The largest absolute Gasteiger partial charge is 0.507 e. The van der Waals surface area contributed by atoms with Gasteiger partial charge in [0.1, 0.15) is 22.8 Å². The van der Waals surface area contributed by atoms with Gasteiger partial charge < -0.3 is 24.4 Å². The molecule has 7 nitrogen and oxygen atoms in total. The lowest BCUT2D eigenvalue weighted by Crippen LogP contribution is -2.74. The normalized spacial score (nSPS) is 28.5. The zero-order valence-corrected chi connectivity index (χ0v) is 24.6. The standard InChI is InChI=1S/C35H38O7/c1-20(2)10-11-23-28(36)17-29-30(31(23)37)32(38)26-16-24-25(18-40-15-13-22-8-6-5-7-9-22)27-19-41-34(33(24)39,14-12-21(3)4)35(26,27)42-29/h5-10,12,16-17,24-25,27,36-37H,11,13-15,18-19H2,1-4H3/t24-,25+,27-,34?,35-/m1/s1. The van der Waals surface area contributed by atoms with E-state index in [2.05, 4.69) is 12.1 Å². The molecule has 0 aromatic heterocycles. The number of phenols is 2. The van der Waals surface area contributed by atoms with Crippen molar-refractivity contribution in [2.24, 2.45) is 17.8 Å². The van der Waals surface area contributed by atoms with Crippen LogP contribution in [-0.2, 0) is 27.1 Å². The number of carbonyl (C=O) groups is 2. The zero-order valence-electron chi connectivity index (χ0n) is 24.6. The van der Waals surface area contributed by atoms with E-state index in [0.29, 0.717) is 18.8 Å². The first-order chi connectivity index (χ1) is 20.1. The van der Waals surface area contributed by atoms with Gasteiger partial charge in [-0.1, -0.05) is 59.7 Å². The predicted molar refractivity (Wildman–Crippen MR) is 158 cm³/mol. The minimum atomic E-state index is -1.39. The Bertz CT molecular complexity index is 1530. The van der Waals surface area contributed by atoms with Crippen LogP contribution in [0.4, 0.5) is 0 Å². The minimum absolute atomic E-state index is 0.0225. The number of phenolic OH excluding ortho intramolecular Hbond substituents is 2.